The highest BCUT2D eigenvalue weighted by Crippen LogP contribution is 2.26. The molecule has 0 saturated carbocycles. The zero-order valence-corrected chi connectivity index (χ0v) is 19.0. The molecular formula is C18H25FIN3O3S. The van der Waals surface area contributed by atoms with Crippen LogP contribution in [-0.4, -0.2) is 49.9 Å². The average Bonchev–Trinajstić information content (AvgIpc) is 2.87. The number of furan rings is 1. The van der Waals surface area contributed by atoms with E-state index in [9.17, 15) is 12.8 Å². The number of sulfone groups is 1. The Hall–Kier alpha value is -1.36. The number of aryl methyl sites for hydroxylation is 1. The van der Waals surface area contributed by atoms with Gasteiger partial charge >= 0.3 is 0 Å². The molecule has 0 unspecified atom stereocenters. The van der Waals surface area contributed by atoms with Gasteiger partial charge in [-0.15, -0.1) is 24.0 Å². The van der Waals surface area contributed by atoms with Gasteiger partial charge in [0.1, 0.15) is 17.2 Å². The summed E-state index contributed by atoms with van der Waals surface area (Å²) in [6, 6.07) is 4.45. The summed E-state index contributed by atoms with van der Waals surface area (Å²) in [6.45, 7) is 6.52. The lowest BCUT2D eigenvalue weighted by Gasteiger charge is -2.39. The fourth-order valence-corrected chi connectivity index (χ4v) is 4.59. The van der Waals surface area contributed by atoms with E-state index in [0.29, 0.717) is 36.9 Å². The van der Waals surface area contributed by atoms with Gasteiger partial charge in [0.15, 0.2) is 15.8 Å². The fourth-order valence-electron chi connectivity index (χ4n) is 3.23. The summed E-state index contributed by atoms with van der Waals surface area (Å²) in [5.41, 5.74) is 1.52. The van der Waals surface area contributed by atoms with Crippen molar-refractivity contribution in [2.75, 3.05) is 25.9 Å². The Morgan fingerprint density at radius 3 is 2.74 bits per heavy atom. The highest BCUT2D eigenvalue weighted by atomic mass is 127. The van der Waals surface area contributed by atoms with E-state index < -0.39 is 14.6 Å². The van der Waals surface area contributed by atoms with Gasteiger partial charge in [0.25, 0.3) is 0 Å². The van der Waals surface area contributed by atoms with Gasteiger partial charge in [-0.1, -0.05) is 0 Å². The molecular weight excluding hydrogens is 484 g/mol. The lowest BCUT2D eigenvalue weighted by molar-refractivity contribution is 0.351. The van der Waals surface area contributed by atoms with Crippen molar-refractivity contribution in [1.29, 1.82) is 0 Å². The molecule has 1 fully saturated rings. The number of fused-ring (bicyclic) bond motifs is 1. The summed E-state index contributed by atoms with van der Waals surface area (Å²) in [7, 11) is -1.44. The van der Waals surface area contributed by atoms with Crippen LogP contribution in [-0.2, 0) is 16.4 Å². The third-order valence-corrected chi connectivity index (χ3v) is 7.49. The quantitative estimate of drug-likeness (QED) is 0.383. The number of halogens is 2. The van der Waals surface area contributed by atoms with Crippen molar-refractivity contribution in [2.24, 2.45) is 4.99 Å². The molecule has 1 aromatic carbocycles. The van der Waals surface area contributed by atoms with Crippen molar-refractivity contribution in [3.8, 4) is 0 Å². The van der Waals surface area contributed by atoms with Crippen LogP contribution in [0.25, 0.3) is 11.0 Å². The van der Waals surface area contributed by atoms with Gasteiger partial charge in [-0.05, 0) is 39.0 Å². The molecule has 1 aliphatic heterocycles. The molecule has 1 saturated heterocycles. The molecule has 2 aromatic rings. The second-order valence-electron chi connectivity index (χ2n) is 7.19. The van der Waals surface area contributed by atoms with Gasteiger partial charge in [0.2, 0.25) is 0 Å². The van der Waals surface area contributed by atoms with E-state index in [2.05, 4.69) is 10.3 Å². The van der Waals surface area contributed by atoms with E-state index in [4.69, 9.17) is 4.42 Å². The summed E-state index contributed by atoms with van der Waals surface area (Å²) >= 11 is 0. The fraction of sp³-hybridized carbons (Fsp3) is 0.500. The number of benzene rings is 1. The van der Waals surface area contributed by atoms with Gasteiger partial charge < -0.3 is 14.6 Å². The first kappa shape index (κ1) is 21.9. The molecule has 1 aromatic heterocycles. The maximum absolute atomic E-state index is 13.4. The first-order valence-electron chi connectivity index (χ1n) is 8.50. The molecule has 0 amide bonds. The van der Waals surface area contributed by atoms with Gasteiger partial charge in [-0.3, -0.25) is 4.99 Å². The third kappa shape index (κ3) is 4.23. The number of rotatable bonds is 2. The maximum atomic E-state index is 13.4. The molecule has 6 nitrogen and oxygen atoms in total. The second-order valence-corrected chi connectivity index (χ2v) is 9.93. The molecule has 1 aliphatic rings. The van der Waals surface area contributed by atoms with Crippen molar-refractivity contribution < 1.29 is 17.2 Å². The van der Waals surface area contributed by atoms with E-state index in [0.717, 1.165) is 10.9 Å². The summed E-state index contributed by atoms with van der Waals surface area (Å²) < 4.78 is 42.8. The van der Waals surface area contributed by atoms with Crippen LogP contribution in [0.15, 0.2) is 27.6 Å². The summed E-state index contributed by atoms with van der Waals surface area (Å²) in [5.74, 6) is 1.13. The maximum Gasteiger partial charge on any atom is 0.194 e. The smallest absolute Gasteiger partial charge is 0.194 e. The summed E-state index contributed by atoms with van der Waals surface area (Å²) in [6.07, 6.45) is 0. The largest absolute Gasteiger partial charge is 0.459 e. The van der Waals surface area contributed by atoms with Gasteiger partial charge in [0.05, 0.1) is 17.0 Å². The van der Waals surface area contributed by atoms with Crippen LogP contribution in [0, 0.1) is 12.7 Å². The number of nitrogens with one attached hydrogen (secondary N) is 1. The van der Waals surface area contributed by atoms with Gasteiger partial charge in [-0.2, -0.15) is 0 Å². The SMILES string of the molecule is CN=C(NCc1oc2ccc(F)cc2c1C)N1CCS(=O)(=O)C(C)(C)C1.I. The number of hydrogen-bond acceptors (Lipinski definition) is 4. The molecule has 150 valence electrons. The van der Waals surface area contributed by atoms with Crippen LogP contribution in [0.1, 0.15) is 25.2 Å². The van der Waals surface area contributed by atoms with E-state index in [1.54, 1.807) is 27.0 Å². The summed E-state index contributed by atoms with van der Waals surface area (Å²) in [4.78, 5) is 6.22. The highest BCUT2D eigenvalue weighted by Gasteiger charge is 2.40. The number of aliphatic imine (C=N–C) groups is 1. The van der Waals surface area contributed by atoms with Crippen LogP contribution < -0.4 is 5.32 Å². The minimum Gasteiger partial charge on any atom is -0.459 e. The van der Waals surface area contributed by atoms with Gasteiger partial charge in [0, 0.05) is 31.1 Å². The lowest BCUT2D eigenvalue weighted by atomic mass is 10.1. The Kier molecular flexibility index (Phi) is 6.45. The Morgan fingerprint density at radius 1 is 1.41 bits per heavy atom. The molecule has 0 spiro atoms. The van der Waals surface area contributed by atoms with E-state index >= 15 is 0 Å². The van der Waals surface area contributed by atoms with Crippen molar-refractivity contribution in [3.05, 3.63) is 35.3 Å². The molecule has 0 radical (unpaired) electrons. The molecule has 0 atom stereocenters. The zero-order chi connectivity index (χ0) is 19.1. The molecule has 3 rings (SSSR count). The van der Waals surface area contributed by atoms with Crippen LogP contribution in [0.2, 0.25) is 0 Å². The lowest BCUT2D eigenvalue weighted by Crippen LogP contribution is -2.57. The molecule has 9 heteroatoms. The van der Waals surface area contributed by atoms with Crippen molar-refractivity contribution >= 4 is 50.7 Å². The van der Waals surface area contributed by atoms with Crippen molar-refractivity contribution in [3.63, 3.8) is 0 Å². The molecule has 0 aliphatic carbocycles. The topological polar surface area (TPSA) is 74.9 Å². The Morgan fingerprint density at radius 2 is 2.11 bits per heavy atom. The van der Waals surface area contributed by atoms with E-state index in [-0.39, 0.29) is 35.5 Å². The minimum absolute atomic E-state index is 0. The molecule has 27 heavy (non-hydrogen) atoms. The average molecular weight is 509 g/mol. The van der Waals surface area contributed by atoms with Crippen LogP contribution in [0.4, 0.5) is 4.39 Å². The Labute approximate surface area is 176 Å². The predicted molar refractivity (Wildman–Crippen MR) is 116 cm³/mol. The summed E-state index contributed by atoms with van der Waals surface area (Å²) in [5, 5.41) is 3.98. The van der Waals surface area contributed by atoms with Crippen molar-refractivity contribution in [1.82, 2.24) is 10.2 Å². The molecule has 2 heterocycles. The van der Waals surface area contributed by atoms with E-state index in [1.807, 2.05) is 11.8 Å². The second kappa shape index (κ2) is 7.94. The van der Waals surface area contributed by atoms with Crippen LogP contribution in [0.3, 0.4) is 0 Å². The third-order valence-electron chi connectivity index (χ3n) is 4.96. The number of nitrogens with zero attached hydrogens (tertiary/aromatic N) is 2. The standard InChI is InChI=1S/C18H24FN3O3S.HI/c1-12-14-9-13(19)5-6-15(14)25-16(12)10-21-17(20-4)22-7-8-26(23,24)18(2,3)11-22;/h5-6,9H,7-8,10-11H2,1-4H3,(H,20,21);1H. The zero-order valence-electron chi connectivity index (χ0n) is 15.9. The molecule has 1 N–H and O–H groups in total. The van der Waals surface area contributed by atoms with Crippen LogP contribution in [0.5, 0.6) is 0 Å². The first-order chi connectivity index (χ1) is 12.1. The normalized spacial score (nSPS) is 19.0. The van der Waals surface area contributed by atoms with E-state index in [1.165, 1.54) is 12.1 Å². The highest BCUT2D eigenvalue weighted by molar-refractivity contribution is 14.0. The number of hydrogen-bond donors (Lipinski definition) is 1. The van der Waals surface area contributed by atoms with Gasteiger partial charge in [-0.25, -0.2) is 12.8 Å². The first-order valence-corrected chi connectivity index (χ1v) is 10.2. The Balaban J connectivity index is 0.00000261. The van der Waals surface area contributed by atoms with Crippen molar-refractivity contribution in [2.45, 2.75) is 32.1 Å². The monoisotopic (exact) mass is 509 g/mol. The number of guanidine groups is 1. The molecule has 0 bridgehead atoms. The predicted octanol–water partition coefficient (Wildman–Crippen LogP) is 3.08. The minimum atomic E-state index is -3.11. The Bertz CT molecular complexity index is 970. The van der Waals surface area contributed by atoms with Crippen LogP contribution >= 0.6 is 24.0 Å².